The topological polar surface area (TPSA) is 64.9 Å². The maximum atomic E-state index is 6.06. The maximum Gasteiger partial charge on any atom is 0.213 e. The normalized spacial score (nSPS) is 21.1. The first-order valence-electron chi connectivity index (χ1n) is 10.2. The number of benzene rings is 1. The molecule has 3 aromatic rings. The number of fused-ring (bicyclic) bond motifs is 3. The van der Waals surface area contributed by atoms with Crippen molar-refractivity contribution in [2.45, 2.75) is 56.7 Å². The van der Waals surface area contributed by atoms with Crippen LogP contribution in [-0.4, -0.2) is 25.9 Å². The van der Waals surface area contributed by atoms with Gasteiger partial charge in [0, 0.05) is 30.6 Å². The van der Waals surface area contributed by atoms with Crippen LogP contribution in [0.3, 0.4) is 0 Å². The fourth-order valence-electron chi connectivity index (χ4n) is 4.39. The molecule has 1 aliphatic heterocycles. The van der Waals surface area contributed by atoms with Gasteiger partial charge in [0.05, 0.1) is 12.2 Å². The minimum atomic E-state index is 0.216. The molecule has 0 amide bonds. The summed E-state index contributed by atoms with van der Waals surface area (Å²) in [6, 6.07) is 12.2. The molecule has 0 bridgehead atoms. The second-order valence-electron chi connectivity index (χ2n) is 7.77. The van der Waals surface area contributed by atoms with Gasteiger partial charge in [-0.2, -0.15) is 0 Å². The Kier molecular flexibility index (Phi) is 5.21. The third-order valence-electron chi connectivity index (χ3n) is 5.86. The highest BCUT2D eigenvalue weighted by Crippen LogP contribution is 2.36. The average molecular weight is 410 g/mol. The standard InChI is InChI=1S/C22H24ClN5O/c23-12-15-4-9-19-17(11-15)13-24-14-20-26-27-22(28(19)20)16-5-7-18(8-6-16)29-21-3-1-2-10-25-21/h1-4,9-11,16,18,24H,5-8,12-14H2. The Morgan fingerprint density at radius 3 is 2.76 bits per heavy atom. The van der Waals surface area contributed by atoms with Gasteiger partial charge in [-0.15, -0.1) is 21.8 Å². The minimum Gasteiger partial charge on any atom is -0.474 e. The molecule has 1 saturated carbocycles. The van der Waals surface area contributed by atoms with Crippen molar-refractivity contribution >= 4 is 11.6 Å². The summed E-state index contributed by atoms with van der Waals surface area (Å²) in [7, 11) is 0. The van der Waals surface area contributed by atoms with Gasteiger partial charge in [-0.25, -0.2) is 4.98 Å². The van der Waals surface area contributed by atoms with E-state index in [2.05, 4.69) is 43.3 Å². The Hall–Kier alpha value is -2.44. The lowest BCUT2D eigenvalue weighted by molar-refractivity contribution is 0.139. The molecule has 2 aliphatic rings. The number of rotatable bonds is 4. The molecule has 5 rings (SSSR count). The monoisotopic (exact) mass is 409 g/mol. The number of halogens is 1. The smallest absolute Gasteiger partial charge is 0.213 e. The van der Waals surface area contributed by atoms with Gasteiger partial charge in [-0.05, 0) is 48.9 Å². The summed E-state index contributed by atoms with van der Waals surface area (Å²) in [6.07, 6.45) is 6.07. The molecular formula is C22H24ClN5O. The molecule has 0 radical (unpaired) electrons. The molecule has 6 nitrogen and oxygen atoms in total. The molecule has 7 heteroatoms. The molecule has 29 heavy (non-hydrogen) atoms. The first-order chi connectivity index (χ1) is 14.3. The maximum absolute atomic E-state index is 6.06. The minimum absolute atomic E-state index is 0.216. The molecule has 1 aliphatic carbocycles. The van der Waals surface area contributed by atoms with Gasteiger partial charge in [0.15, 0.2) is 5.82 Å². The number of pyridine rings is 1. The fraction of sp³-hybridized carbons (Fsp3) is 0.409. The molecular weight excluding hydrogens is 386 g/mol. The lowest BCUT2D eigenvalue weighted by atomic mass is 9.86. The highest BCUT2D eigenvalue weighted by Gasteiger charge is 2.30. The molecule has 150 valence electrons. The van der Waals surface area contributed by atoms with Crippen molar-refractivity contribution in [3.05, 3.63) is 65.4 Å². The van der Waals surface area contributed by atoms with Crippen LogP contribution in [0.15, 0.2) is 42.6 Å². The zero-order valence-corrected chi connectivity index (χ0v) is 17.0. The van der Waals surface area contributed by atoms with Crippen LogP contribution in [0.2, 0.25) is 0 Å². The second-order valence-corrected chi connectivity index (χ2v) is 8.04. The number of nitrogens with zero attached hydrogens (tertiary/aromatic N) is 4. The first-order valence-corrected chi connectivity index (χ1v) is 10.8. The van der Waals surface area contributed by atoms with Crippen molar-refractivity contribution in [2.75, 3.05) is 0 Å². The lowest BCUT2D eigenvalue weighted by Crippen LogP contribution is -2.25. The molecule has 3 heterocycles. The zero-order valence-electron chi connectivity index (χ0n) is 16.2. The number of hydrogen-bond acceptors (Lipinski definition) is 5. The number of ether oxygens (including phenoxy) is 1. The highest BCUT2D eigenvalue weighted by atomic mass is 35.5. The van der Waals surface area contributed by atoms with Gasteiger partial charge in [0.2, 0.25) is 5.88 Å². The Labute approximate surface area is 175 Å². The van der Waals surface area contributed by atoms with Crippen LogP contribution in [0.25, 0.3) is 5.69 Å². The average Bonchev–Trinajstić information content (AvgIpc) is 3.10. The first kappa shape index (κ1) is 18.6. The molecule has 0 spiro atoms. The predicted molar refractivity (Wildman–Crippen MR) is 111 cm³/mol. The molecule has 2 aromatic heterocycles. The van der Waals surface area contributed by atoms with Crippen LogP contribution < -0.4 is 10.1 Å². The fourth-order valence-corrected chi connectivity index (χ4v) is 4.56. The largest absolute Gasteiger partial charge is 0.474 e. The van der Waals surface area contributed by atoms with Crippen molar-refractivity contribution in [3.63, 3.8) is 0 Å². The van der Waals surface area contributed by atoms with E-state index in [0.29, 0.717) is 17.7 Å². The highest BCUT2D eigenvalue weighted by molar-refractivity contribution is 6.17. The van der Waals surface area contributed by atoms with Crippen LogP contribution in [0.4, 0.5) is 0 Å². The molecule has 1 aromatic carbocycles. The Morgan fingerprint density at radius 1 is 1.07 bits per heavy atom. The van der Waals surface area contributed by atoms with Crippen molar-refractivity contribution in [1.29, 1.82) is 0 Å². The van der Waals surface area contributed by atoms with Crippen LogP contribution in [0, 0.1) is 0 Å². The number of alkyl halides is 1. The summed E-state index contributed by atoms with van der Waals surface area (Å²) in [6.45, 7) is 1.53. The second kappa shape index (κ2) is 8.13. The third kappa shape index (κ3) is 3.74. The van der Waals surface area contributed by atoms with E-state index in [1.807, 2.05) is 18.2 Å². The zero-order chi connectivity index (χ0) is 19.6. The van der Waals surface area contributed by atoms with E-state index in [1.54, 1.807) is 6.20 Å². The summed E-state index contributed by atoms with van der Waals surface area (Å²) < 4.78 is 8.32. The van der Waals surface area contributed by atoms with Crippen molar-refractivity contribution in [3.8, 4) is 11.6 Å². The van der Waals surface area contributed by atoms with Gasteiger partial charge >= 0.3 is 0 Å². The van der Waals surface area contributed by atoms with E-state index >= 15 is 0 Å². The number of nitrogens with one attached hydrogen (secondary N) is 1. The van der Waals surface area contributed by atoms with Crippen LogP contribution in [-0.2, 0) is 19.0 Å². The Balaban J connectivity index is 1.37. The predicted octanol–water partition coefficient (Wildman–Crippen LogP) is 4.11. The van der Waals surface area contributed by atoms with Gasteiger partial charge in [-0.3, -0.25) is 4.57 Å². The van der Waals surface area contributed by atoms with E-state index < -0.39 is 0 Å². The van der Waals surface area contributed by atoms with E-state index in [4.69, 9.17) is 16.3 Å². The molecule has 0 saturated heterocycles. The van der Waals surface area contributed by atoms with Crippen LogP contribution in [0.1, 0.15) is 54.4 Å². The van der Waals surface area contributed by atoms with E-state index in [-0.39, 0.29) is 6.10 Å². The van der Waals surface area contributed by atoms with Crippen LogP contribution in [0.5, 0.6) is 5.88 Å². The molecule has 1 N–H and O–H groups in total. The Morgan fingerprint density at radius 2 is 1.97 bits per heavy atom. The molecule has 1 fully saturated rings. The van der Waals surface area contributed by atoms with Crippen molar-refractivity contribution < 1.29 is 4.74 Å². The van der Waals surface area contributed by atoms with Crippen molar-refractivity contribution in [2.24, 2.45) is 0 Å². The van der Waals surface area contributed by atoms with Gasteiger partial charge < -0.3 is 10.1 Å². The molecule has 0 unspecified atom stereocenters. The SMILES string of the molecule is ClCc1ccc2c(c1)CNCc1nnc(C3CCC(Oc4ccccn4)CC3)n1-2. The number of hydrogen-bond donors (Lipinski definition) is 1. The van der Waals surface area contributed by atoms with E-state index in [1.165, 1.54) is 11.3 Å². The summed E-state index contributed by atoms with van der Waals surface area (Å²) >= 11 is 6.05. The number of aromatic nitrogens is 4. The molecule has 0 atom stereocenters. The summed E-state index contributed by atoms with van der Waals surface area (Å²) in [5.74, 6) is 3.67. The summed E-state index contributed by atoms with van der Waals surface area (Å²) in [5, 5.41) is 12.6. The summed E-state index contributed by atoms with van der Waals surface area (Å²) in [5.41, 5.74) is 3.55. The quantitative estimate of drug-likeness (QED) is 0.657. The lowest BCUT2D eigenvalue weighted by Gasteiger charge is -2.28. The van der Waals surface area contributed by atoms with Crippen LogP contribution >= 0.6 is 11.6 Å². The van der Waals surface area contributed by atoms with E-state index in [0.717, 1.165) is 56.0 Å². The van der Waals surface area contributed by atoms with Crippen molar-refractivity contribution in [1.82, 2.24) is 25.1 Å². The Bertz CT molecular complexity index is 982. The van der Waals surface area contributed by atoms with Gasteiger partial charge in [0.25, 0.3) is 0 Å². The van der Waals surface area contributed by atoms with Gasteiger partial charge in [-0.1, -0.05) is 18.2 Å². The third-order valence-corrected chi connectivity index (χ3v) is 6.17. The van der Waals surface area contributed by atoms with Gasteiger partial charge in [0.1, 0.15) is 11.9 Å². The summed E-state index contributed by atoms with van der Waals surface area (Å²) in [4.78, 5) is 4.28. The van der Waals surface area contributed by atoms with E-state index in [9.17, 15) is 0 Å².